The van der Waals surface area contributed by atoms with Gasteiger partial charge in [0.05, 0.1) is 11.4 Å². The molecule has 0 radical (unpaired) electrons. The highest BCUT2D eigenvalue weighted by molar-refractivity contribution is 5.91. The van der Waals surface area contributed by atoms with Crippen LogP contribution in [0.5, 0.6) is 0 Å². The highest BCUT2D eigenvalue weighted by atomic mass is 16.4. The first-order chi connectivity index (χ1) is 8.43. The maximum absolute atomic E-state index is 11.2. The number of carboxylic acids is 1. The lowest BCUT2D eigenvalue weighted by Crippen LogP contribution is -2.10. The lowest BCUT2D eigenvalue weighted by molar-refractivity contribution is -0.138. The van der Waals surface area contributed by atoms with Crippen molar-refractivity contribution in [2.45, 2.75) is 39.7 Å². The maximum atomic E-state index is 11.2. The number of hydrogen-bond acceptors (Lipinski definition) is 1. The van der Waals surface area contributed by atoms with E-state index in [1.54, 1.807) is 6.92 Å². The summed E-state index contributed by atoms with van der Waals surface area (Å²) >= 11 is 0. The van der Waals surface area contributed by atoms with Gasteiger partial charge in [0.2, 0.25) is 0 Å². The standard InChI is InChI=1S/C15H19NO2/c1-9(2)16-8-10(3)12-6-5-7-13(14(12)16)11(4)15(17)18/h5-9,11H,1-4H3,(H,17,18). The quantitative estimate of drug-likeness (QED) is 0.895. The molecule has 1 aromatic carbocycles. The number of aliphatic carboxylic acids is 1. The van der Waals surface area contributed by atoms with Crippen molar-refractivity contribution in [3.8, 4) is 0 Å². The molecule has 1 heterocycles. The number of hydrogen-bond donors (Lipinski definition) is 1. The second-order valence-corrected chi connectivity index (χ2v) is 5.12. The van der Waals surface area contributed by atoms with E-state index in [0.29, 0.717) is 6.04 Å². The fraction of sp³-hybridized carbons (Fsp3) is 0.400. The SMILES string of the molecule is Cc1cn(C(C)C)c2c(C(C)C(=O)O)cccc12. The molecule has 3 heteroatoms. The van der Waals surface area contributed by atoms with Crippen LogP contribution in [-0.4, -0.2) is 15.6 Å². The molecule has 18 heavy (non-hydrogen) atoms. The third kappa shape index (κ3) is 1.90. The Morgan fingerprint density at radius 3 is 2.50 bits per heavy atom. The fourth-order valence-corrected chi connectivity index (χ4v) is 2.40. The summed E-state index contributed by atoms with van der Waals surface area (Å²) in [4.78, 5) is 11.2. The molecule has 1 N–H and O–H groups in total. The first kappa shape index (κ1) is 12.7. The Bertz CT molecular complexity index is 596. The number of aromatic nitrogens is 1. The summed E-state index contributed by atoms with van der Waals surface area (Å²) in [6, 6.07) is 6.24. The second-order valence-electron chi connectivity index (χ2n) is 5.12. The van der Waals surface area contributed by atoms with Gasteiger partial charge in [0, 0.05) is 17.6 Å². The summed E-state index contributed by atoms with van der Waals surface area (Å²) in [6.45, 7) is 8.03. The second kappa shape index (κ2) is 4.48. The number of nitrogens with zero attached hydrogens (tertiary/aromatic N) is 1. The molecule has 0 amide bonds. The van der Waals surface area contributed by atoms with Gasteiger partial charge in [0.15, 0.2) is 0 Å². The van der Waals surface area contributed by atoms with Crippen molar-refractivity contribution in [2.75, 3.05) is 0 Å². The van der Waals surface area contributed by atoms with Gasteiger partial charge in [0.1, 0.15) is 0 Å². The van der Waals surface area contributed by atoms with Gasteiger partial charge in [-0.3, -0.25) is 4.79 Å². The highest BCUT2D eigenvalue weighted by Crippen LogP contribution is 2.31. The molecule has 1 unspecified atom stereocenters. The Kier molecular flexibility index (Phi) is 3.16. The van der Waals surface area contributed by atoms with E-state index >= 15 is 0 Å². The van der Waals surface area contributed by atoms with Crippen molar-refractivity contribution in [1.82, 2.24) is 4.57 Å². The van der Waals surface area contributed by atoms with Crippen LogP contribution in [0.4, 0.5) is 0 Å². The molecule has 96 valence electrons. The summed E-state index contributed by atoms with van der Waals surface area (Å²) in [6.07, 6.45) is 2.10. The first-order valence-electron chi connectivity index (χ1n) is 6.26. The molecule has 1 aromatic heterocycles. The molecule has 2 rings (SSSR count). The lowest BCUT2D eigenvalue weighted by Gasteiger charge is -2.15. The van der Waals surface area contributed by atoms with Gasteiger partial charge in [-0.25, -0.2) is 0 Å². The number of carboxylic acid groups (broad SMARTS) is 1. The lowest BCUT2D eigenvalue weighted by atomic mass is 9.98. The van der Waals surface area contributed by atoms with Crippen molar-refractivity contribution in [2.24, 2.45) is 0 Å². The van der Waals surface area contributed by atoms with Crippen LogP contribution in [0.3, 0.4) is 0 Å². The van der Waals surface area contributed by atoms with Crippen molar-refractivity contribution in [3.63, 3.8) is 0 Å². The van der Waals surface area contributed by atoms with Gasteiger partial charge in [-0.2, -0.15) is 0 Å². The molecule has 0 saturated heterocycles. The normalized spacial score (nSPS) is 13.2. The predicted octanol–water partition coefficient (Wildman–Crippen LogP) is 3.72. The van der Waals surface area contributed by atoms with E-state index in [-0.39, 0.29) is 0 Å². The zero-order valence-electron chi connectivity index (χ0n) is 11.3. The molecule has 0 aliphatic rings. The van der Waals surface area contributed by atoms with Crippen LogP contribution in [0.25, 0.3) is 10.9 Å². The van der Waals surface area contributed by atoms with Gasteiger partial charge in [-0.1, -0.05) is 18.2 Å². The maximum Gasteiger partial charge on any atom is 0.310 e. The molecule has 1 atom stereocenters. The molecule has 2 aromatic rings. The Morgan fingerprint density at radius 2 is 1.94 bits per heavy atom. The molecule has 0 spiro atoms. The summed E-state index contributed by atoms with van der Waals surface area (Å²) < 4.78 is 2.17. The van der Waals surface area contributed by atoms with E-state index in [9.17, 15) is 9.90 Å². The molecular formula is C15H19NO2. The van der Waals surface area contributed by atoms with Crippen LogP contribution in [0.2, 0.25) is 0 Å². The molecule has 0 aliphatic heterocycles. The van der Waals surface area contributed by atoms with E-state index in [2.05, 4.69) is 37.6 Å². The van der Waals surface area contributed by atoms with E-state index in [1.807, 2.05) is 12.1 Å². The zero-order valence-corrected chi connectivity index (χ0v) is 11.3. The topological polar surface area (TPSA) is 42.2 Å². The van der Waals surface area contributed by atoms with Crippen LogP contribution in [0.15, 0.2) is 24.4 Å². The predicted molar refractivity (Wildman–Crippen MR) is 73.1 cm³/mol. The van der Waals surface area contributed by atoms with Gasteiger partial charge >= 0.3 is 5.97 Å². The van der Waals surface area contributed by atoms with E-state index in [1.165, 1.54) is 5.56 Å². The van der Waals surface area contributed by atoms with Gasteiger partial charge in [-0.15, -0.1) is 0 Å². The number of fused-ring (bicyclic) bond motifs is 1. The van der Waals surface area contributed by atoms with E-state index < -0.39 is 11.9 Å². The minimum atomic E-state index is -0.781. The number of benzene rings is 1. The number of para-hydroxylation sites is 1. The fourth-order valence-electron chi connectivity index (χ4n) is 2.40. The Balaban J connectivity index is 2.78. The number of carbonyl (C=O) groups is 1. The molecule has 0 bridgehead atoms. The smallest absolute Gasteiger partial charge is 0.310 e. The molecule has 0 fully saturated rings. The minimum absolute atomic E-state index is 0.323. The van der Waals surface area contributed by atoms with Crippen LogP contribution < -0.4 is 0 Å². The van der Waals surface area contributed by atoms with Crippen molar-refractivity contribution in [1.29, 1.82) is 0 Å². The Morgan fingerprint density at radius 1 is 1.28 bits per heavy atom. The van der Waals surface area contributed by atoms with Crippen LogP contribution in [0, 0.1) is 6.92 Å². The summed E-state index contributed by atoms with van der Waals surface area (Å²) in [5, 5.41) is 10.4. The van der Waals surface area contributed by atoms with Crippen molar-refractivity contribution in [3.05, 3.63) is 35.5 Å². The Labute approximate surface area is 107 Å². The molecule has 0 aliphatic carbocycles. The van der Waals surface area contributed by atoms with Gasteiger partial charge in [-0.05, 0) is 38.8 Å². The third-order valence-electron chi connectivity index (χ3n) is 3.48. The monoisotopic (exact) mass is 245 g/mol. The molecule has 3 nitrogen and oxygen atoms in total. The van der Waals surface area contributed by atoms with Gasteiger partial charge in [0.25, 0.3) is 0 Å². The Hall–Kier alpha value is -1.77. The zero-order chi connectivity index (χ0) is 13.4. The first-order valence-corrected chi connectivity index (χ1v) is 6.26. The van der Waals surface area contributed by atoms with Crippen molar-refractivity contribution < 1.29 is 9.90 Å². The summed E-state index contributed by atoms with van der Waals surface area (Å²) in [7, 11) is 0. The third-order valence-corrected chi connectivity index (χ3v) is 3.48. The summed E-state index contributed by atoms with van der Waals surface area (Å²) in [5.41, 5.74) is 3.14. The molecule has 0 saturated carbocycles. The number of aryl methyl sites for hydroxylation is 1. The van der Waals surface area contributed by atoms with E-state index in [4.69, 9.17) is 0 Å². The van der Waals surface area contributed by atoms with Crippen LogP contribution in [0.1, 0.15) is 43.9 Å². The highest BCUT2D eigenvalue weighted by Gasteiger charge is 2.20. The summed E-state index contributed by atoms with van der Waals surface area (Å²) in [5.74, 6) is -1.27. The largest absolute Gasteiger partial charge is 0.481 e. The van der Waals surface area contributed by atoms with Crippen molar-refractivity contribution >= 4 is 16.9 Å². The average molecular weight is 245 g/mol. The van der Waals surface area contributed by atoms with E-state index in [0.717, 1.165) is 16.5 Å². The average Bonchev–Trinajstić information content (AvgIpc) is 2.66. The molecular weight excluding hydrogens is 226 g/mol. The van der Waals surface area contributed by atoms with Crippen LogP contribution in [-0.2, 0) is 4.79 Å². The van der Waals surface area contributed by atoms with Gasteiger partial charge < -0.3 is 9.67 Å². The van der Waals surface area contributed by atoms with Crippen LogP contribution >= 0.6 is 0 Å². The number of rotatable bonds is 3. The minimum Gasteiger partial charge on any atom is -0.481 e.